The molecule has 0 bridgehead atoms. The predicted octanol–water partition coefficient (Wildman–Crippen LogP) is 4.40. The molecular formula is C15H21ClN2O2S. The lowest BCUT2D eigenvalue weighted by molar-refractivity contribution is -0.385. The van der Waals surface area contributed by atoms with Crippen LogP contribution in [0.3, 0.4) is 0 Å². The molecule has 0 saturated heterocycles. The molecular weight excluding hydrogens is 308 g/mol. The molecule has 0 amide bonds. The van der Waals surface area contributed by atoms with Crippen molar-refractivity contribution in [3.63, 3.8) is 0 Å². The van der Waals surface area contributed by atoms with Gasteiger partial charge in [-0.1, -0.05) is 30.9 Å². The molecule has 1 saturated carbocycles. The van der Waals surface area contributed by atoms with E-state index in [1.807, 2.05) is 11.8 Å². The summed E-state index contributed by atoms with van der Waals surface area (Å²) in [6, 6.07) is 4.86. The fraction of sp³-hybridized carbons (Fsp3) is 0.600. The third-order valence-electron chi connectivity index (χ3n) is 4.20. The molecule has 1 aromatic rings. The van der Waals surface area contributed by atoms with Crippen molar-refractivity contribution in [3.8, 4) is 0 Å². The second-order valence-electron chi connectivity index (χ2n) is 5.58. The molecule has 21 heavy (non-hydrogen) atoms. The molecule has 1 aliphatic carbocycles. The van der Waals surface area contributed by atoms with Crippen LogP contribution in [-0.4, -0.2) is 22.5 Å². The van der Waals surface area contributed by atoms with E-state index >= 15 is 0 Å². The highest BCUT2D eigenvalue weighted by Crippen LogP contribution is 2.38. The van der Waals surface area contributed by atoms with E-state index in [-0.39, 0.29) is 10.6 Å². The van der Waals surface area contributed by atoms with Crippen LogP contribution in [0, 0.1) is 10.1 Å². The van der Waals surface area contributed by atoms with Gasteiger partial charge in [0.1, 0.15) is 0 Å². The van der Waals surface area contributed by atoms with Gasteiger partial charge in [-0.25, -0.2) is 0 Å². The Morgan fingerprint density at radius 2 is 2.10 bits per heavy atom. The zero-order valence-corrected chi connectivity index (χ0v) is 13.8. The summed E-state index contributed by atoms with van der Waals surface area (Å²) in [5, 5.41) is 14.9. The van der Waals surface area contributed by atoms with E-state index in [1.54, 1.807) is 12.1 Å². The highest BCUT2D eigenvalue weighted by atomic mass is 35.5. The number of nitrogens with one attached hydrogen (secondary N) is 1. The molecule has 1 aliphatic rings. The summed E-state index contributed by atoms with van der Waals surface area (Å²) in [5.41, 5.74) is 0.785. The maximum Gasteiger partial charge on any atom is 0.275 e. The van der Waals surface area contributed by atoms with Crippen LogP contribution in [0.1, 0.15) is 37.7 Å². The molecule has 0 aromatic heterocycles. The van der Waals surface area contributed by atoms with Crippen molar-refractivity contribution >= 4 is 29.1 Å². The summed E-state index contributed by atoms with van der Waals surface area (Å²) in [5.74, 6) is 0. The molecule has 0 aliphatic heterocycles. The quantitative estimate of drug-likeness (QED) is 0.621. The van der Waals surface area contributed by atoms with Gasteiger partial charge >= 0.3 is 0 Å². The van der Waals surface area contributed by atoms with Gasteiger partial charge in [-0.05, 0) is 31.2 Å². The molecule has 116 valence electrons. The van der Waals surface area contributed by atoms with Gasteiger partial charge in [0.05, 0.1) is 4.92 Å². The minimum absolute atomic E-state index is 0.0943. The van der Waals surface area contributed by atoms with Crippen molar-refractivity contribution in [3.05, 3.63) is 38.9 Å². The zero-order chi connectivity index (χ0) is 15.3. The van der Waals surface area contributed by atoms with Crippen LogP contribution in [0.4, 0.5) is 5.69 Å². The first kappa shape index (κ1) is 16.6. The summed E-state index contributed by atoms with van der Waals surface area (Å²) in [6.45, 7) is 1.41. The summed E-state index contributed by atoms with van der Waals surface area (Å²) in [4.78, 5) is 10.7. The van der Waals surface area contributed by atoms with Gasteiger partial charge in [0.2, 0.25) is 0 Å². The van der Waals surface area contributed by atoms with Crippen LogP contribution in [-0.2, 0) is 6.54 Å². The normalized spacial score (nSPS) is 17.6. The van der Waals surface area contributed by atoms with Crippen LogP contribution in [0.2, 0.25) is 5.02 Å². The lowest BCUT2D eigenvalue weighted by Crippen LogP contribution is -2.39. The van der Waals surface area contributed by atoms with Crippen molar-refractivity contribution in [2.24, 2.45) is 0 Å². The average Bonchev–Trinajstić information content (AvgIpc) is 2.49. The number of hydrogen-bond donors (Lipinski definition) is 1. The number of nitro groups is 1. The Bertz CT molecular complexity index is 504. The maximum atomic E-state index is 11.1. The van der Waals surface area contributed by atoms with E-state index in [2.05, 4.69) is 11.6 Å². The van der Waals surface area contributed by atoms with E-state index in [0.29, 0.717) is 21.9 Å². The van der Waals surface area contributed by atoms with E-state index in [0.717, 1.165) is 6.54 Å². The predicted molar refractivity (Wildman–Crippen MR) is 89.1 cm³/mol. The molecule has 0 unspecified atom stereocenters. The largest absolute Gasteiger partial charge is 0.311 e. The topological polar surface area (TPSA) is 55.2 Å². The average molecular weight is 329 g/mol. The minimum atomic E-state index is -0.367. The molecule has 0 atom stereocenters. The number of halogens is 1. The molecule has 1 fully saturated rings. The van der Waals surface area contributed by atoms with Crippen molar-refractivity contribution in [2.45, 2.75) is 43.4 Å². The van der Waals surface area contributed by atoms with Crippen LogP contribution in [0.25, 0.3) is 0 Å². The maximum absolute atomic E-state index is 11.1. The number of thioether (sulfide) groups is 1. The Morgan fingerprint density at radius 1 is 1.38 bits per heavy atom. The van der Waals surface area contributed by atoms with Gasteiger partial charge < -0.3 is 5.32 Å². The third-order valence-corrected chi connectivity index (χ3v) is 5.86. The van der Waals surface area contributed by atoms with Crippen LogP contribution >= 0.6 is 23.4 Å². The third kappa shape index (κ3) is 4.34. The van der Waals surface area contributed by atoms with Gasteiger partial charge in [0.25, 0.3) is 5.69 Å². The molecule has 0 radical (unpaired) electrons. The zero-order valence-electron chi connectivity index (χ0n) is 12.2. The van der Waals surface area contributed by atoms with Gasteiger partial charge in [-0.3, -0.25) is 10.1 Å². The Labute approximate surface area is 134 Å². The molecule has 0 heterocycles. The Kier molecular flexibility index (Phi) is 5.90. The first-order chi connectivity index (χ1) is 10.1. The Morgan fingerprint density at radius 3 is 2.71 bits per heavy atom. The lowest BCUT2D eigenvalue weighted by Gasteiger charge is -2.36. The standard InChI is InChI=1S/C15H21ClN2O2S/c1-21-15(7-3-2-4-8-15)11-17-10-12-5-6-13(16)9-14(12)18(19)20/h5-6,9,17H,2-4,7-8,10-11H2,1H3. The van der Waals surface area contributed by atoms with Crippen LogP contribution in [0.15, 0.2) is 18.2 Å². The monoisotopic (exact) mass is 328 g/mol. The molecule has 6 heteroatoms. The fourth-order valence-electron chi connectivity index (χ4n) is 2.93. The summed E-state index contributed by atoms with van der Waals surface area (Å²) in [7, 11) is 0. The number of rotatable bonds is 6. The lowest BCUT2D eigenvalue weighted by atomic mass is 9.88. The summed E-state index contributed by atoms with van der Waals surface area (Å²) < 4.78 is 0.291. The molecule has 2 rings (SSSR count). The van der Waals surface area contributed by atoms with Gasteiger partial charge in [-0.15, -0.1) is 0 Å². The van der Waals surface area contributed by atoms with E-state index in [9.17, 15) is 10.1 Å². The smallest absolute Gasteiger partial charge is 0.275 e. The molecule has 1 aromatic carbocycles. The van der Waals surface area contributed by atoms with Gasteiger partial charge in [0.15, 0.2) is 0 Å². The van der Waals surface area contributed by atoms with Crippen molar-refractivity contribution in [2.75, 3.05) is 12.8 Å². The van der Waals surface area contributed by atoms with Crippen molar-refractivity contribution in [1.29, 1.82) is 0 Å². The Balaban J connectivity index is 1.98. The minimum Gasteiger partial charge on any atom is -0.311 e. The summed E-state index contributed by atoms with van der Waals surface area (Å²) >= 11 is 7.76. The molecule has 1 N–H and O–H groups in total. The van der Waals surface area contributed by atoms with Crippen LogP contribution < -0.4 is 5.32 Å². The first-order valence-electron chi connectivity index (χ1n) is 7.25. The fourth-order valence-corrected chi connectivity index (χ4v) is 4.04. The SMILES string of the molecule is CSC1(CNCc2ccc(Cl)cc2[N+](=O)[O-])CCCCC1. The highest BCUT2D eigenvalue weighted by Gasteiger charge is 2.30. The van der Waals surface area contributed by atoms with Gasteiger partial charge in [0, 0.05) is 34.5 Å². The van der Waals surface area contributed by atoms with Gasteiger partial charge in [-0.2, -0.15) is 11.8 Å². The van der Waals surface area contributed by atoms with E-state index in [1.165, 1.54) is 38.2 Å². The second-order valence-corrected chi connectivity index (χ2v) is 7.29. The number of nitro benzene ring substituents is 1. The second kappa shape index (κ2) is 7.47. The van der Waals surface area contributed by atoms with Crippen molar-refractivity contribution < 1.29 is 4.92 Å². The van der Waals surface area contributed by atoms with E-state index in [4.69, 9.17) is 11.6 Å². The molecule has 4 nitrogen and oxygen atoms in total. The summed E-state index contributed by atoms with van der Waals surface area (Å²) in [6.07, 6.45) is 8.50. The molecule has 0 spiro atoms. The number of hydrogen-bond acceptors (Lipinski definition) is 4. The highest BCUT2D eigenvalue weighted by molar-refractivity contribution is 8.00. The van der Waals surface area contributed by atoms with E-state index < -0.39 is 0 Å². The Hall–Kier alpha value is -0.780. The van der Waals surface area contributed by atoms with Crippen LogP contribution in [0.5, 0.6) is 0 Å². The number of nitrogens with zero attached hydrogens (tertiary/aromatic N) is 1. The first-order valence-corrected chi connectivity index (χ1v) is 8.85. The number of benzene rings is 1. The van der Waals surface area contributed by atoms with Crippen molar-refractivity contribution in [1.82, 2.24) is 5.32 Å².